The van der Waals surface area contributed by atoms with Crippen molar-refractivity contribution in [2.45, 2.75) is 14.4 Å². The molecule has 0 aliphatic rings. The molecule has 0 aromatic carbocycles. The SMILES string of the molecule is C.COC(=O)Cl.COC(C)=O. The smallest absolute Gasteiger partial charge is 0.403 e. The molecular weight excluding hydrogens is 172 g/mol. The lowest BCUT2D eigenvalue weighted by Crippen LogP contribution is -1.88. The van der Waals surface area contributed by atoms with E-state index in [1.807, 2.05) is 0 Å². The molecule has 0 saturated carbocycles. The maximum absolute atomic E-state index is 9.59. The lowest BCUT2D eigenvalue weighted by atomic mass is 10.8. The van der Waals surface area contributed by atoms with Crippen molar-refractivity contribution in [3.8, 4) is 0 Å². The van der Waals surface area contributed by atoms with Gasteiger partial charge in [-0.25, -0.2) is 4.79 Å². The van der Waals surface area contributed by atoms with Crippen LogP contribution in [0.5, 0.6) is 0 Å². The summed E-state index contributed by atoms with van der Waals surface area (Å²) in [7, 11) is 2.57. The fourth-order valence-corrected chi connectivity index (χ4v) is 0. The number of ether oxygens (including phenoxy) is 2. The van der Waals surface area contributed by atoms with E-state index in [1.54, 1.807) is 0 Å². The Kier molecular flexibility index (Phi) is 18.1. The number of hydrogen-bond donors (Lipinski definition) is 0. The van der Waals surface area contributed by atoms with Gasteiger partial charge in [0.25, 0.3) is 0 Å². The second-order valence-electron chi connectivity index (χ2n) is 1.14. The second kappa shape index (κ2) is 12.0. The summed E-state index contributed by atoms with van der Waals surface area (Å²) in [6.45, 7) is 1.36. The highest BCUT2D eigenvalue weighted by molar-refractivity contribution is 6.61. The Bertz CT molecular complexity index is 99.1. The molecule has 0 aliphatic carbocycles. The monoisotopic (exact) mass is 184 g/mol. The molecule has 11 heavy (non-hydrogen) atoms. The Morgan fingerprint density at radius 2 is 1.36 bits per heavy atom. The standard InChI is InChI=1S/C3H6O2.C2H3ClO2.CH4/c1-3(4)5-2;1-5-2(3)4;/h1-2H3;1H3;1H4. The van der Waals surface area contributed by atoms with E-state index in [2.05, 4.69) is 21.1 Å². The molecule has 0 bridgehead atoms. The zero-order chi connectivity index (χ0) is 8.57. The van der Waals surface area contributed by atoms with E-state index in [9.17, 15) is 9.59 Å². The molecule has 4 nitrogen and oxygen atoms in total. The summed E-state index contributed by atoms with van der Waals surface area (Å²) in [5, 5.41) is 0. The molecule has 0 atom stereocenters. The van der Waals surface area contributed by atoms with Crippen molar-refractivity contribution >= 4 is 23.0 Å². The lowest BCUT2D eigenvalue weighted by molar-refractivity contribution is -0.137. The minimum Gasteiger partial charge on any atom is -0.469 e. The van der Waals surface area contributed by atoms with E-state index in [-0.39, 0.29) is 13.4 Å². The maximum Gasteiger partial charge on any atom is 0.403 e. The van der Waals surface area contributed by atoms with E-state index in [4.69, 9.17) is 0 Å². The van der Waals surface area contributed by atoms with Crippen molar-refractivity contribution in [2.75, 3.05) is 14.2 Å². The molecule has 0 radical (unpaired) electrons. The van der Waals surface area contributed by atoms with Crippen molar-refractivity contribution in [1.29, 1.82) is 0 Å². The van der Waals surface area contributed by atoms with E-state index in [0.717, 1.165) is 0 Å². The molecule has 0 aliphatic heterocycles. The quantitative estimate of drug-likeness (QED) is 0.426. The largest absolute Gasteiger partial charge is 0.469 e. The van der Waals surface area contributed by atoms with E-state index >= 15 is 0 Å². The molecule has 0 aromatic heterocycles. The first-order valence-corrected chi connectivity index (χ1v) is 2.70. The molecule has 0 aromatic rings. The van der Waals surface area contributed by atoms with Gasteiger partial charge in [0.15, 0.2) is 0 Å². The zero-order valence-corrected chi connectivity index (χ0v) is 6.77. The van der Waals surface area contributed by atoms with Crippen LogP contribution < -0.4 is 0 Å². The summed E-state index contributed by atoms with van der Waals surface area (Å²) in [6.07, 6.45) is 0. The highest BCUT2D eigenvalue weighted by atomic mass is 35.5. The van der Waals surface area contributed by atoms with Crippen molar-refractivity contribution in [3.63, 3.8) is 0 Å². The summed E-state index contributed by atoms with van der Waals surface area (Å²) < 4.78 is 7.99. The van der Waals surface area contributed by atoms with Crippen LogP contribution in [0.2, 0.25) is 0 Å². The van der Waals surface area contributed by atoms with Crippen LogP contribution in [0.15, 0.2) is 0 Å². The molecule has 0 heterocycles. The third-order valence-electron chi connectivity index (χ3n) is 0.448. The van der Waals surface area contributed by atoms with Gasteiger partial charge in [-0.05, 0) is 0 Å². The predicted molar refractivity (Wildman–Crippen MR) is 42.7 cm³/mol. The van der Waals surface area contributed by atoms with E-state index in [0.29, 0.717) is 0 Å². The minimum atomic E-state index is -0.773. The van der Waals surface area contributed by atoms with Crippen LogP contribution in [0.3, 0.4) is 0 Å². The number of rotatable bonds is 0. The number of halogens is 1. The van der Waals surface area contributed by atoms with Gasteiger partial charge in [-0.15, -0.1) is 0 Å². The fraction of sp³-hybridized carbons (Fsp3) is 0.667. The molecule has 5 heteroatoms. The molecule has 0 saturated heterocycles. The van der Waals surface area contributed by atoms with Gasteiger partial charge < -0.3 is 9.47 Å². The molecule has 68 valence electrons. The van der Waals surface area contributed by atoms with Crippen molar-refractivity contribution in [1.82, 2.24) is 0 Å². The molecule has 0 rings (SSSR count). The summed E-state index contributed by atoms with van der Waals surface area (Å²) in [5.74, 6) is -0.245. The van der Waals surface area contributed by atoms with E-state index < -0.39 is 5.43 Å². The van der Waals surface area contributed by atoms with Gasteiger partial charge >= 0.3 is 11.4 Å². The van der Waals surface area contributed by atoms with Gasteiger partial charge in [0.2, 0.25) is 0 Å². The lowest BCUT2D eigenvalue weighted by Gasteiger charge is -1.80. The van der Waals surface area contributed by atoms with Crippen LogP contribution in [-0.2, 0) is 14.3 Å². The number of esters is 1. The fourth-order valence-electron chi connectivity index (χ4n) is 0. The maximum atomic E-state index is 9.59. The van der Waals surface area contributed by atoms with Crippen molar-refractivity contribution in [3.05, 3.63) is 0 Å². The van der Waals surface area contributed by atoms with Gasteiger partial charge in [-0.1, -0.05) is 7.43 Å². The zero-order valence-electron chi connectivity index (χ0n) is 6.01. The van der Waals surface area contributed by atoms with E-state index in [1.165, 1.54) is 21.1 Å². The summed E-state index contributed by atoms with van der Waals surface area (Å²) in [4.78, 5) is 18.9. The first kappa shape index (κ1) is 16.7. The summed E-state index contributed by atoms with van der Waals surface area (Å²) in [5.41, 5.74) is -0.773. The van der Waals surface area contributed by atoms with Gasteiger partial charge in [0, 0.05) is 18.5 Å². The third kappa shape index (κ3) is 46.2. The first-order valence-electron chi connectivity index (χ1n) is 2.32. The Morgan fingerprint density at radius 1 is 1.18 bits per heavy atom. The Hall–Kier alpha value is -0.770. The molecule has 0 N–H and O–H groups in total. The summed E-state index contributed by atoms with van der Waals surface area (Å²) >= 11 is 4.60. The molecule has 0 spiro atoms. The van der Waals surface area contributed by atoms with Crippen LogP contribution in [-0.4, -0.2) is 25.6 Å². The first-order chi connectivity index (χ1) is 4.54. The van der Waals surface area contributed by atoms with Gasteiger partial charge in [-0.2, -0.15) is 0 Å². The highest BCUT2D eigenvalue weighted by Gasteiger charge is 1.80. The average Bonchev–Trinajstić information content (AvgIpc) is 1.89. The number of methoxy groups -OCH3 is 2. The van der Waals surface area contributed by atoms with Crippen LogP contribution in [0.4, 0.5) is 4.79 Å². The topological polar surface area (TPSA) is 52.6 Å². The summed E-state index contributed by atoms with van der Waals surface area (Å²) in [6, 6.07) is 0. The average molecular weight is 185 g/mol. The minimum absolute atomic E-state index is 0. The van der Waals surface area contributed by atoms with Crippen LogP contribution >= 0.6 is 11.6 Å². The highest BCUT2D eigenvalue weighted by Crippen LogP contribution is 1.78. The Labute approximate surface area is 71.4 Å². The van der Waals surface area contributed by atoms with Gasteiger partial charge in [0.1, 0.15) is 0 Å². The van der Waals surface area contributed by atoms with Gasteiger partial charge in [0.05, 0.1) is 14.2 Å². The predicted octanol–water partition coefficient (Wildman–Crippen LogP) is 1.81. The number of carbonyl (C=O) groups excluding carboxylic acids is 2. The second-order valence-corrected chi connectivity index (χ2v) is 1.45. The molecule has 0 amide bonds. The van der Waals surface area contributed by atoms with Crippen LogP contribution in [0.25, 0.3) is 0 Å². The normalized spacial score (nSPS) is 6.18. The number of carbonyl (C=O) groups is 2. The van der Waals surface area contributed by atoms with Crippen LogP contribution in [0, 0.1) is 0 Å². The third-order valence-corrected chi connectivity index (χ3v) is 0.602. The van der Waals surface area contributed by atoms with Gasteiger partial charge in [-0.3, -0.25) is 4.79 Å². The van der Waals surface area contributed by atoms with Crippen molar-refractivity contribution in [2.24, 2.45) is 0 Å². The van der Waals surface area contributed by atoms with Crippen LogP contribution in [0.1, 0.15) is 14.4 Å². The molecule has 0 fully saturated rings. The molecule has 0 unspecified atom stereocenters. The molecular formula is C6H13ClO4. The van der Waals surface area contributed by atoms with Crippen molar-refractivity contribution < 1.29 is 19.1 Å². The number of hydrogen-bond acceptors (Lipinski definition) is 4. The Balaban J connectivity index is -0.000000107. The Morgan fingerprint density at radius 3 is 1.36 bits per heavy atom.